The summed E-state index contributed by atoms with van der Waals surface area (Å²) in [5, 5.41) is 14.0. The lowest BCUT2D eigenvalue weighted by molar-refractivity contribution is 0.608. The first kappa shape index (κ1) is 17.2. The number of nitrogens with zero attached hydrogens (tertiary/aromatic N) is 3. The van der Waals surface area contributed by atoms with Gasteiger partial charge < -0.3 is 0 Å². The standard InChI is InChI=1S/C20H17ClFN3/c1-12-4-5-15(8-19(12)22)11-25-14(3)20(13(2)24-25)16-6-7-17(10-23)18(21)9-16/h4-9H,11H2,1-3H3. The van der Waals surface area contributed by atoms with Crippen molar-refractivity contribution in [1.29, 1.82) is 5.26 Å². The van der Waals surface area contributed by atoms with Gasteiger partial charge in [-0.05, 0) is 55.7 Å². The van der Waals surface area contributed by atoms with Gasteiger partial charge in [0.25, 0.3) is 0 Å². The van der Waals surface area contributed by atoms with Crippen LogP contribution < -0.4 is 0 Å². The summed E-state index contributed by atoms with van der Waals surface area (Å²) in [7, 11) is 0. The lowest BCUT2D eigenvalue weighted by Gasteiger charge is -2.08. The zero-order valence-electron chi connectivity index (χ0n) is 14.3. The fourth-order valence-corrected chi connectivity index (χ4v) is 3.16. The van der Waals surface area contributed by atoms with Crippen LogP contribution in [0.3, 0.4) is 0 Å². The van der Waals surface area contributed by atoms with Crippen molar-refractivity contribution >= 4 is 11.6 Å². The Labute approximate surface area is 151 Å². The molecule has 2 aromatic carbocycles. The molecule has 0 bridgehead atoms. The first-order valence-electron chi connectivity index (χ1n) is 7.89. The molecule has 0 aliphatic rings. The van der Waals surface area contributed by atoms with E-state index in [4.69, 9.17) is 16.9 Å². The third-order valence-electron chi connectivity index (χ3n) is 4.33. The molecule has 0 saturated heterocycles. The summed E-state index contributed by atoms with van der Waals surface area (Å²) in [5.41, 5.74) is 5.68. The van der Waals surface area contributed by atoms with E-state index in [1.165, 1.54) is 0 Å². The van der Waals surface area contributed by atoms with Crippen molar-refractivity contribution in [2.75, 3.05) is 0 Å². The normalized spacial score (nSPS) is 10.7. The Balaban J connectivity index is 2.00. The zero-order valence-corrected chi connectivity index (χ0v) is 15.0. The Bertz CT molecular complexity index is 999. The highest BCUT2D eigenvalue weighted by atomic mass is 35.5. The van der Waals surface area contributed by atoms with Crippen LogP contribution in [-0.4, -0.2) is 9.78 Å². The molecule has 0 saturated carbocycles. The van der Waals surface area contributed by atoms with Crippen LogP contribution in [0.2, 0.25) is 5.02 Å². The molecule has 3 aromatic rings. The predicted octanol–water partition coefficient (Wildman–Crippen LogP) is 5.19. The van der Waals surface area contributed by atoms with Gasteiger partial charge in [-0.1, -0.05) is 29.8 Å². The van der Waals surface area contributed by atoms with Crippen LogP contribution in [0.15, 0.2) is 36.4 Å². The number of aromatic nitrogens is 2. The molecular weight excluding hydrogens is 337 g/mol. The molecule has 0 atom stereocenters. The van der Waals surface area contributed by atoms with Crippen molar-refractivity contribution in [1.82, 2.24) is 9.78 Å². The second-order valence-electron chi connectivity index (χ2n) is 6.09. The average Bonchev–Trinajstić information content (AvgIpc) is 2.85. The largest absolute Gasteiger partial charge is 0.265 e. The number of nitriles is 1. The molecule has 3 rings (SSSR count). The Morgan fingerprint density at radius 3 is 2.56 bits per heavy atom. The fourth-order valence-electron chi connectivity index (χ4n) is 2.94. The Kier molecular flexibility index (Phi) is 4.61. The van der Waals surface area contributed by atoms with E-state index in [2.05, 4.69) is 11.2 Å². The molecule has 126 valence electrons. The quantitative estimate of drug-likeness (QED) is 0.650. The van der Waals surface area contributed by atoms with Crippen LogP contribution in [0.5, 0.6) is 0 Å². The maximum absolute atomic E-state index is 13.8. The topological polar surface area (TPSA) is 41.6 Å². The number of aryl methyl sites for hydroxylation is 2. The predicted molar refractivity (Wildman–Crippen MR) is 97.1 cm³/mol. The lowest BCUT2D eigenvalue weighted by atomic mass is 10.0. The van der Waals surface area contributed by atoms with E-state index in [1.807, 2.05) is 30.7 Å². The number of hydrogen-bond donors (Lipinski definition) is 0. The van der Waals surface area contributed by atoms with Crippen LogP contribution in [-0.2, 0) is 6.54 Å². The number of benzene rings is 2. The molecular formula is C20H17ClFN3. The minimum Gasteiger partial charge on any atom is -0.265 e. The van der Waals surface area contributed by atoms with E-state index < -0.39 is 0 Å². The van der Waals surface area contributed by atoms with Crippen LogP contribution in [0.1, 0.15) is 28.1 Å². The summed E-state index contributed by atoms with van der Waals surface area (Å²) < 4.78 is 15.6. The molecule has 0 radical (unpaired) electrons. The SMILES string of the molecule is Cc1ccc(Cn2nc(C)c(-c3ccc(C#N)c(Cl)c3)c2C)cc1F. The minimum absolute atomic E-state index is 0.210. The van der Waals surface area contributed by atoms with Gasteiger partial charge in [-0.25, -0.2) is 4.39 Å². The molecule has 0 aliphatic heterocycles. The summed E-state index contributed by atoms with van der Waals surface area (Å²) in [6.45, 7) is 6.15. The van der Waals surface area contributed by atoms with Crippen LogP contribution in [0.25, 0.3) is 11.1 Å². The first-order valence-corrected chi connectivity index (χ1v) is 8.27. The monoisotopic (exact) mass is 353 g/mol. The van der Waals surface area contributed by atoms with Crippen molar-refractivity contribution in [3.8, 4) is 17.2 Å². The summed E-state index contributed by atoms with van der Waals surface area (Å²) >= 11 is 6.16. The maximum atomic E-state index is 13.8. The highest BCUT2D eigenvalue weighted by Gasteiger charge is 2.15. The molecule has 25 heavy (non-hydrogen) atoms. The second-order valence-corrected chi connectivity index (χ2v) is 6.50. The van der Waals surface area contributed by atoms with E-state index in [1.54, 1.807) is 31.2 Å². The maximum Gasteiger partial charge on any atom is 0.126 e. The third kappa shape index (κ3) is 3.29. The van der Waals surface area contributed by atoms with Gasteiger partial charge in [-0.15, -0.1) is 0 Å². The van der Waals surface area contributed by atoms with Gasteiger partial charge in [0.1, 0.15) is 11.9 Å². The number of halogens is 2. The summed E-state index contributed by atoms with van der Waals surface area (Å²) in [5.74, 6) is -0.210. The van der Waals surface area contributed by atoms with Crippen molar-refractivity contribution in [3.05, 3.63) is 75.3 Å². The summed E-state index contributed by atoms with van der Waals surface area (Å²) in [6.07, 6.45) is 0. The van der Waals surface area contributed by atoms with Gasteiger partial charge in [0, 0.05) is 11.3 Å². The molecule has 1 heterocycles. The first-order chi connectivity index (χ1) is 11.9. The Morgan fingerprint density at radius 1 is 1.16 bits per heavy atom. The highest BCUT2D eigenvalue weighted by Crippen LogP contribution is 2.30. The molecule has 1 aromatic heterocycles. The molecule has 0 spiro atoms. The molecule has 0 N–H and O–H groups in total. The summed E-state index contributed by atoms with van der Waals surface area (Å²) in [6, 6.07) is 12.7. The molecule has 5 heteroatoms. The zero-order chi connectivity index (χ0) is 18.1. The summed E-state index contributed by atoms with van der Waals surface area (Å²) in [4.78, 5) is 0. The second kappa shape index (κ2) is 6.70. The van der Waals surface area contributed by atoms with Gasteiger partial charge in [0.05, 0.1) is 22.8 Å². The smallest absolute Gasteiger partial charge is 0.126 e. The van der Waals surface area contributed by atoms with Gasteiger partial charge in [-0.3, -0.25) is 4.68 Å². The van der Waals surface area contributed by atoms with Crippen molar-refractivity contribution in [2.24, 2.45) is 0 Å². The molecule has 0 amide bonds. The van der Waals surface area contributed by atoms with E-state index >= 15 is 0 Å². The number of hydrogen-bond acceptors (Lipinski definition) is 2. The fraction of sp³-hybridized carbons (Fsp3) is 0.200. The molecule has 0 fully saturated rings. The number of rotatable bonds is 3. The average molecular weight is 354 g/mol. The van der Waals surface area contributed by atoms with Crippen LogP contribution in [0, 0.1) is 37.9 Å². The van der Waals surface area contributed by atoms with E-state index in [0.29, 0.717) is 22.7 Å². The minimum atomic E-state index is -0.210. The van der Waals surface area contributed by atoms with Crippen molar-refractivity contribution in [3.63, 3.8) is 0 Å². The highest BCUT2D eigenvalue weighted by molar-refractivity contribution is 6.32. The molecule has 0 aliphatic carbocycles. The van der Waals surface area contributed by atoms with Crippen molar-refractivity contribution in [2.45, 2.75) is 27.3 Å². The Morgan fingerprint density at radius 2 is 1.92 bits per heavy atom. The van der Waals surface area contributed by atoms with E-state index in [0.717, 1.165) is 28.1 Å². The molecule has 3 nitrogen and oxygen atoms in total. The van der Waals surface area contributed by atoms with Gasteiger partial charge >= 0.3 is 0 Å². The van der Waals surface area contributed by atoms with Crippen LogP contribution in [0.4, 0.5) is 4.39 Å². The third-order valence-corrected chi connectivity index (χ3v) is 4.64. The lowest BCUT2D eigenvalue weighted by Crippen LogP contribution is -2.04. The molecule has 0 unspecified atom stereocenters. The van der Waals surface area contributed by atoms with Gasteiger partial charge in [-0.2, -0.15) is 10.4 Å². The van der Waals surface area contributed by atoms with Crippen molar-refractivity contribution < 1.29 is 4.39 Å². The van der Waals surface area contributed by atoms with Gasteiger partial charge in [0.15, 0.2) is 0 Å². The van der Waals surface area contributed by atoms with Gasteiger partial charge in [0.2, 0.25) is 0 Å². The van der Waals surface area contributed by atoms with Crippen LogP contribution >= 0.6 is 11.6 Å². The van der Waals surface area contributed by atoms with E-state index in [9.17, 15) is 4.39 Å². The Hall–Kier alpha value is -2.64. The van der Waals surface area contributed by atoms with E-state index in [-0.39, 0.29) is 5.82 Å².